The molecule has 0 aliphatic heterocycles. The van der Waals surface area contributed by atoms with Crippen LogP contribution in [-0.4, -0.2) is 21.6 Å². The lowest BCUT2D eigenvalue weighted by Crippen LogP contribution is -2.10. The van der Waals surface area contributed by atoms with Crippen molar-refractivity contribution in [3.8, 4) is 0 Å². The lowest BCUT2D eigenvalue weighted by Gasteiger charge is -2.09. The van der Waals surface area contributed by atoms with Crippen LogP contribution in [0.25, 0.3) is 5.76 Å². The van der Waals surface area contributed by atoms with Crippen molar-refractivity contribution >= 4 is 34.7 Å². The fourth-order valence-corrected chi connectivity index (χ4v) is 2.68. The highest BCUT2D eigenvalue weighted by atomic mass is 35.5. The number of pyridine rings is 1. The van der Waals surface area contributed by atoms with Crippen LogP contribution in [0, 0.1) is 0 Å². The Morgan fingerprint density at radius 3 is 2.50 bits per heavy atom. The summed E-state index contributed by atoms with van der Waals surface area (Å²) >= 11 is 5.79. The van der Waals surface area contributed by atoms with Gasteiger partial charge in [0, 0.05) is 17.3 Å². The summed E-state index contributed by atoms with van der Waals surface area (Å²) in [5, 5.41) is 13.9. The number of ketones is 1. The number of aliphatic hydroxyl groups is 1. The summed E-state index contributed by atoms with van der Waals surface area (Å²) in [5.74, 6) is -0.713. The molecule has 0 saturated carbocycles. The average Bonchev–Trinajstić information content (AvgIpc) is 2.84. The van der Waals surface area contributed by atoms with Crippen LogP contribution >= 0.6 is 11.6 Å². The third-order valence-electron chi connectivity index (χ3n) is 3.75. The Morgan fingerprint density at radius 1 is 1.27 bits per heavy atom. The number of nitrogens with one attached hydrogen (secondary N) is 1. The number of benzene rings is 1. The molecule has 3 rings (SSSR count). The molecule has 134 valence electrons. The van der Waals surface area contributed by atoms with Gasteiger partial charge in [0.25, 0.3) is 0 Å². The highest BCUT2D eigenvalue weighted by Gasteiger charge is 2.32. The number of allylic oxidation sites excluding steroid dienone is 1. The van der Waals surface area contributed by atoms with Crippen LogP contribution in [0.5, 0.6) is 0 Å². The van der Waals surface area contributed by atoms with E-state index in [1.165, 1.54) is 6.92 Å². The first-order valence-corrected chi connectivity index (χ1v) is 7.68. The quantitative estimate of drug-likeness (QED) is 0.596. The number of hydrogen-bond acceptors (Lipinski definition) is 5. The van der Waals surface area contributed by atoms with Gasteiger partial charge in [-0.2, -0.15) is 18.3 Å². The van der Waals surface area contributed by atoms with Crippen molar-refractivity contribution < 1.29 is 23.1 Å². The minimum Gasteiger partial charge on any atom is -0.506 e. The van der Waals surface area contributed by atoms with Crippen LogP contribution in [-0.2, 0) is 6.18 Å². The van der Waals surface area contributed by atoms with Crippen molar-refractivity contribution in [3.05, 3.63) is 63.8 Å². The standard InChI is InChI=1S/C17H11ClF3N3O2/c1-8(13-14(25)10-4-2-3-5-11(10)15(13)26)23-24-16-12(18)6-9(7-22-16)17(19,20)21/h2-7,25H,1H3,(H,22,24)/b23-8+. The summed E-state index contributed by atoms with van der Waals surface area (Å²) < 4.78 is 37.8. The summed E-state index contributed by atoms with van der Waals surface area (Å²) in [6, 6.07) is 7.25. The molecular weight excluding hydrogens is 371 g/mol. The Labute approximate surface area is 150 Å². The number of carbonyl (C=O) groups is 1. The normalized spacial score (nSPS) is 14.7. The molecule has 1 aliphatic rings. The maximum absolute atomic E-state index is 12.6. The molecule has 0 saturated heterocycles. The number of aromatic nitrogens is 1. The van der Waals surface area contributed by atoms with Gasteiger partial charge < -0.3 is 5.11 Å². The highest BCUT2D eigenvalue weighted by Crippen LogP contribution is 2.33. The molecule has 0 unspecified atom stereocenters. The first-order chi connectivity index (χ1) is 12.2. The molecule has 0 radical (unpaired) electrons. The van der Waals surface area contributed by atoms with Gasteiger partial charge in [-0.15, -0.1) is 0 Å². The molecule has 0 fully saturated rings. The van der Waals surface area contributed by atoms with Gasteiger partial charge in [-0.25, -0.2) is 4.98 Å². The second-order valence-electron chi connectivity index (χ2n) is 5.46. The zero-order valence-corrected chi connectivity index (χ0v) is 14.0. The van der Waals surface area contributed by atoms with Crippen molar-refractivity contribution in [2.45, 2.75) is 13.1 Å². The summed E-state index contributed by atoms with van der Waals surface area (Å²) in [5.41, 5.74) is 2.31. The third kappa shape index (κ3) is 3.15. The van der Waals surface area contributed by atoms with E-state index in [0.29, 0.717) is 17.3 Å². The predicted octanol–water partition coefficient (Wildman–Crippen LogP) is 4.71. The molecule has 26 heavy (non-hydrogen) atoms. The van der Waals surface area contributed by atoms with Gasteiger partial charge in [0.05, 0.1) is 21.9 Å². The molecule has 0 amide bonds. The van der Waals surface area contributed by atoms with Crippen LogP contribution in [0.3, 0.4) is 0 Å². The van der Waals surface area contributed by atoms with Gasteiger partial charge in [-0.05, 0) is 13.0 Å². The van der Waals surface area contributed by atoms with Crippen LogP contribution in [0.15, 0.2) is 47.2 Å². The zero-order valence-electron chi connectivity index (χ0n) is 13.2. The van der Waals surface area contributed by atoms with Gasteiger partial charge in [0.15, 0.2) is 11.6 Å². The average molecular weight is 382 g/mol. The minimum absolute atomic E-state index is 0.00161. The van der Waals surface area contributed by atoms with Crippen molar-refractivity contribution in [2.24, 2.45) is 5.10 Å². The smallest absolute Gasteiger partial charge is 0.417 e. The van der Waals surface area contributed by atoms with Crippen molar-refractivity contribution in [1.29, 1.82) is 0 Å². The lowest BCUT2D eigenvalue weighted by molar-refractivity contribution is -0.137. The molecule has 2 aromatic rings. The Kier molecular flexibility index (Phi) is 4.45. The number of alkyl halides is 3. The third-order valence-corrected chi connectivity index (χ3v) is 4.04. The first-order valence-electron chi connectivity index (χ1n) is 7.31. The van der Waals surface area contributed by atoms with Crippen molar-refractivity contribution in [2.75, 3.05) is 5.43 Å². The summed E-state index contributed by atoms with van der Waals surface area (Å²) in [7, 11) is 0. The van der Waals surface area contributed by atoms with E-state index in [1.807, 2.05) is 0 Å². The van der Waals surface area contributed by atoms with E-state index in [9.17, 15) is 23.1 Å². The van der Waals surface area contributed by atoms with E-state index in [0.717, 1.165) is 6.07 Å². The number of Topliss-reactive ketones (excluding diaryl/α,β-unsaturated/α-hetero) is 1. The van der Waals surface area contributed by atoms with Crippen molar-refractivity contribution in [1.82, 2.24) is 4.98 Å². The number of hydrogen-bond donors (Lipinski definition) is 2. The van der Waals surface area contributed by atoms with Gasteiger partial charge >= 0.3 is 6.18 Å². The van der Waals surface area contributed by atoms with Gasteiger partial charge in [-0.1, -0.05) is 35.9 Å². The Morgan fingerprint density at radius 2 is 1.92 bits per heavy atom. The lowest BCUT2D eigenvalue weighted by atomic mass is 10.1. The molecule has 5 nitrogen and oxygen atoms in total. The predicted molar refractivity (Wildman–Crippen MR) is 91.3 cm³/mol. The maximum Gasteiger partial charge on any atom is 0.417 e. The topological polar surface area (TPSA) is 74.6 Å². The molecule has 9 heteroatoms. The van der Waals surface area contributed by atoms with E-state index >= 15 is 0 Å². The van der Waals surface area contributed by atoms with Crippen LogP contribution < -0.4 is 5.43 Å². The molecule has 2 N–H and O–H groups in total. The minimum atomic E-state index is -4.56. The fraction of sp³-hybridized carbons (Fsp3) is 0.118. The molecule has 1 heterocycles. The number of halogens is 4. The number of nitrogens with zero attached hydrogens (tertiary/aromatic N) is 2. The number of rotatable bonds is 3. The maximum atomic E-state index is 12.6. The monoisotopic (exact) mass is 381 g/mol. The first kappa shape index (κ1) is 17.9. The van der Waals surface area contributed by atoms with Crippen LogP contribution in [0.2, 0.25) is 5.02 Å². The second-order valence-corrected chi connectivity index (χ2v) is 5.87. The Bertz CT molecular complexity index is 968. The van der Waals surface area contributed by atoms with Gasteiger partial charge in [-0.3, -0.25) is 10.2 Å². The second kappa shape index (κ2) is 6.45. The van der Waals surface area contributed by atoms with Crippen LogP contribution in [0.4, 0.5) is 19.0 Å². The molecular formula is C17H11ClF3N3O2. The van der Waals surface area contributed by atoms with E-state index in [4.69, 9.17) is 11.6 Å². The summed E-state index contributed by atoms with van der Waals surface area (Å²) in [6.45, 7) is 1.47. The van der Waals surface area contributed by atoms with Crippen LogP contribution in [0.1, 0.15) is 28.4 Å². The Balaban J connectivity index is 1.86. The molecule has 1 aromatic carbocycles. The summed E-state index contributed by atoms with van der Waals surface area (Å²) in [4.78, 5) is 16.0. The molecule has 0 bridgehead atoms. The molecule has 0 atom stereocenters. The number of aliphatic hydroxyl groups excluding tert-OH is 1. The van der Waals surface area contributed by atoms with Crippen molar-refractivity contribution in [3.63, 3.8) is 0 Å². The van der Waals surface area contributed by atoms with Gasteiger partial charge in [0.2, 0.25) is 0 Å². The van der Waals surface area contributed by atoms with E-state index in [-0.39, 0.29) is 27.9 Å². The highest BCUT2D eigenvalue weighted by molar-refractivity contribution is 6.35. The fourth-order valence-electron chi connectivity index (χ4n) is 2.47. The van der Waals surface area contributed by atoms with Gasteiger partial charge in [0.1, 0.15) is 5.76 Å². The van der Waals surface area contributed by atoms with E-state index in [1.54, 1.807) is 24.3 Å². The van der Waals surface area contributed by atoms with E-state index < -0.39 is 17.5 Å². The SMILES string of the molecule is C/C(=N\Nc1ncc(C(F)(F)F)cc1Cl)C1=C(O)c2ccccc2C1=O. The molecule has 1 aromatic heterocycles. The molecule has 0 spiro atoms. The molecule has 1 aliphatic carbocycles. The zero-order chi connectivity index (χ0) is 19.1. The number of carbonyl (C=O) groups excluding carboxylic acids is 1. The van der Waals surface area contributed by atoms with E-state index in [2.05, 4.69) is 15.5 Å². The largest absolute Gasteiger partial charge is 0.506 e. The number of fused-ring (bicyclic) bond motifs is 1. The summed E-state index contributed by atoms with van der Waals surface area (Å²) in [6.07, 6.45) is -3.95. The number of hydrazone groups is 1. The Hall–Kier alpha value is -2.87. The number of anilines is 1.